The van der Waals surface area contributed by atoms with Crippen LogP contribution in [0.4, 0.5) is 5.69 Å². The van der Waals surface area contributed by atoms with E-state index in [2.05, 4.69) is 37.4 Å². The van der Waals surface area contributed by atoms with E-state index in [1.165, 1.54) is 5.56 Å². The van der Waals surface area contributed by atoms with Gasteiger partial charge in [0.2, 0.25) is 0 Å². The number of pyridine rings is 1. The molecule has 0 aliphatic rings. The standard InChI is InChI=1S/C24H21N7O2/c25-22(32)17-12-16(31-11-10-26-14-31)13-19-21(17)30-23(29-19)20-18(7-9-28-24(20)33)27-8-6-15-4-2-1-3-5-15/h1-5,7,9-14H,6,8H2,(H2,25,32)(H,29,30)(H2,27,28,33). The Kier molecular flexibility index (Phi) is 5.19. The highest BCUT2D eigenvalue weighted by Gasteiger charge is 2.18. The molecule has 1 amide bonds. The Labute approximate surface area is 188 Å². The van der Waals surface area contributed by atoms with E-state index < -0.39 is 5.91 Å². The summed E-state index contributed by atoms with van der Waals surface area (Å²) in [6.45, 7) is 0.637. The Morgan fingerprint density at radius 2 is 2.00 bits per heavy atom. The van der Waals surface area contributed by atoms with Crippen LogP contribution in [0, 0.1) is 0 Å². The van der Waals surface area contributed by atoms with Crippen molar-refractivity contribution in [3.8, 4) is 17.1 Å². The number of anilines is 1. The van der Waals surface area contributed by atoms with Crippen LogP contribution in [0.15, 0.2) is 78.2 Å². The van der Waals surface area contributed by atoms with Crippen LogP contribution in [0.2, 0.25) is 0 Å². The summed E-state index contributed by atoms with van der Waals surface area (Å²) in [5.74, 6) is -0.262. The summed E-state index contributed by atoms with van der Waals surface area (Å²) >= 11 is 0. The molecule has 5 aromatic rings. The normalized spacial score (nSPS) is 11.0. The minimum atomic E-state index is -0.608. The van der Waals surface area contributed by atoms with Gasteiger partial charge in [-0.15, -0.1) is 0 Å². The van der Waals surface area contributed by atoms with Crippen molar-refractivity contribution in [3.05, 3.63) is 94.9 Å². The van der Waals surface area contributed by atoms with Crippen molar-refractivity contribution in [2.24, 2.45) is 5.73 Å². The molecule has 0 aliphatic heterocycles. The van der Waals surface area contributed by atoms with Crippen LogP contribution in [0.3, 0.4) is 0 Å². The molecule has 0 atom stereocenters. The second-order valence-corrected chi connectivity index (χ2v) is 7.57. The Balaban J connectivity index is 1.54. The van der Waals surface area contributed by atoms with Crippen LogP contribution in [0.5, 0.6) is 0 Å². The first-order valence-electron chi connectivity index (χ1n) is 10.4. The highest BCUT2D eigenvalue weighted by atomic mass is 16.1. The Bertz CT molecular complexity index is 1480. The van der Waals surface area contributed by atoms with Crippen molar-refractivity contribution in [3.63, 3.8) is 0 Å². The minimum absolute atomic E-state index is 0.254. The number of aromatic nitrogens is 5. The highest BCUT2D eigenvalue weighted by Crippen LogP contribution is 2.27. The van der Waals surface area contributed by atoms with Gasteiger partial charge < -0.3 is 25.6 Å². The van der Waals surface area contributed by atoms with Crippen LogP contribution in [0.25, 0.3) is 28.1 Å². The second kappa shape index (κ2) is 8.46. The molecule has 33 heavy (non-hydrogen) atoms. The molecule has 3 heterocycles. The van der Waals surface area contributed by atoms with Gasteiger partial charge in [-0.1, -0.05) is 30.3 Å². The first kappa shape index (κ1) is 20.3. The molecule has 164 valence electrons. The fourth-order valence-electron chi connectivity index (χ4n) is 3.82. The van der Waals surface area contributed by atoms with Gasteiger partial charge in [0.25, 0.3) is 11.5 Å². The van der Waals surface area contributed by atoms with E-state index >= 15 is 0 Å². The number of aromatic amines is 2. The first-order valence-corrected chi connectivity index (χ1v) is 10.4. The van der Waals surface area contributed by atoms with E-state index in [1.54, 1.807) is 41.6 Å². The van der Waals surface area contributed by atoms with E-state index in [4.69, 9.17) is 5.73 Å². The van der Waals surface area contributed by atoms with Crippen molar-refractivity contribution >= 4 is 22.6 Å². The smallest absolute Gasteiger partial charge is 0.261 e. The van der Waals surface area contributed by atoms with E-state index in [1.807, 2.05) is 24.3 Å². The number of fused-ring (bicyclic) bond motifs is 1. The molecule has 0 bridgehead atoms. The monoisotopic (exact) mass is 439 g/mol. The molecule has 0 saturated heterocycles. The average Bonchev–Trinajstić information content (AvgIpc) is 3.49. The summed E-state index contributed by atoms with van der Waals surface area (Å²) in [6.07, 6.45) is 7.42. The fourth-order valence-corrected chi connectivity index (χ4v) is 3.82. The predicted octanol–water partition coefficient (Wildman–Crippen LogP) is 2.86. The SMILES string of the molecule is NC(=O)c1cc(-n2ccnc2)cc2[nH]c(-c3c(NCCc4ccccc4)cc[nH]c3=O)nc12. The van der Waals surface area contributed by atoms with Gasteiger partial charge in [0.05, 0.1) is 23.1 Å². The van der Waals surface area contributed by atoms with Gasteiger partial charge in [0.1, 0.15) is 16.9 Å². The van der Waals surface area contributed by atoms with Crippen LogP contribution in [-0.4, -0.2) is 37.0 Å². The molecule has 5 rings (SSSR count). The van der Waals surface area contributed by atoms with Crippen molar-refractivity contribution in [1.82, 2.24) is 24.5 Å². The zero-order valence-electron chi connectivity index (χ0n) is 17.6. The zero-order valence-corrected chi connectivity index (χ0v) is 17.6. The number of rotatable bonds is 7. The summed E-state index contributed by atoms with van der Waals surface area (Å²) < 4.78 is 1.76. The molecule has 0 radical (unpaired) electrons. The van der Waals surface area contributed by atoms with Crippen molar-refractivity contribution in [2.45, 2.75) is 6.42 Å². The predicted molar refractivity (Wildman–Crippen MR) is 126 cm³/mol. The number of H-pyrrole nitrogens is 2. The van der Waals surface area contributed by atoms with E-state index in [9.17, 15) is 9.59 Å². The van der Waals surface area contributed by atoms with E-state index in [-0.39, 0.29) is 11.1 Å². The number of amides is 1. The van der Waals surface area contributed by atoms with Gasteiger partial charge in [-0.3, -0.25) is 9.59 Å². The summed E-state index contributed by atoms with van der Waals surface area (Å²) in [5.41, 5.74) is 9.48. The molecule has 9 heteroatoms. The Morgan fingerprint density at radius 3 is 2.76 bits per heavy atom. The van der Waals surface area contributed by atoms with Crippen molar-refractivity contribution < 1.29 is 4.79 Å². The van der Waals surface area contributed by atoms with Crippen LogP contribution >= 0.6 is 0 Å². The third-order valence-corrected chi connectivity index (χ3v) is 5.41. The number of imidazole rings is 2. The molecule has 5 N–H and O–H groups in total. The molecule has 2 aromatic carbocycles. The molecule has 9 nitrogen and oxygen atoms in total. The van der Waals surface area contributed by atoms with Gasteiger partial charge in [-0.2, -0.15) is 0 Å². The van der Waals surface area contributed by atoms with Crippen molar-refractivity contribution in [1.29, 1.82) is 0 Å². The number of hydrogen-bond donors (Lipinski definition) is 4. The van der Waals surface area contributed by atoms with Crippen LogP contribution in [0.1, 0.15) is 15.9 Å². The average molecular weight is 439 g/mol. The molecule has 0 unspecified atom stereocenters. The molecule has 0 spiro atoms. The summed E-state index contributed by atoms with van der Waals surface area (Å²) in [4.78, 5) is 39.4. The van der Waals surface area contributed by atoms with Crippen LogP contribution < -0.4 is 16.6 Å². The molecule has 0 aliphatic carbocycles. The summed E-state index contributed by atoms with van der Waals surface area (Å²) in [7, 11) is 0. The number of nitrogens with zero attached hydrogens (tertiary/aromatic N) is 3. The highest BCUT2D eigenvalue weighted by molar-refractivity contribution is 6.05. The summed E-state index contributed by atoms with van der Waals surface area (Å²) in [6, 6.07) is 15.4. The zero-order chi connectivity index (χ0) is 22.8. The van der Waals surface area contributed by atoms with E-state index in [0.717, 1.165) is 6.42 Å². The second-order valence-electron chi connectivity index (χ2n) is 7.57. The van der Waals surface area contributed by atoms with Crippen LogP contribution in [-0.2, 0) is 6.42 Å². The number of nitrogens with one attached hydrogen (secondary N) is 3. The lowest BCUT2D eigenvalue weighted by Gasteiger charge is -2.09. The van der Waals surface area contributed by atoms with Gasteiger partial charge in [0.15, 0.2) is 0 Å². The topological polar surface area (TPSA) is 134 Å². The molecule has 0 saturated carbocycles. The largest absolute Gasteiger partial charge is 0.384 e. The number of carbonyl (C=O) groups is 1. The third kappa shape index (κ3) is 3.99. The third-order valence-electron chi connectivity index (χ3n) is 5.41. The van der Waals surface area contributed by atoms with Gasteiger partial charge in [-0.25, -0.2) is 9.97 Å². The maximum absolute atomic E-state index is 12.8. The van der Waals surface area contributed by atoms with Gasteiger partial charge in [-0.05, 0) is 30.2 Å². The lowest BCUT2D eigenvalue weighted by molar-refractivity contribution is 0.100. The van der Waals surface area contributed by atoms with Crippen molar-refractivity contribution in [2.75, 3.05) is 11.9 Å². The quantitative estimate of drug-likeness (QED) is 0.309. The maximum Gasteiger partial charge on any atom is 0.261 e. The lowest BCUT2D eigenvalue weighted by Crippen LogP contribution is -2.14. The molecule has 0 fully saturated rings. The Hall–Kier alpha value is -4.66. The van der Waals surface area contributed by atoms with E-state index in [0.29, 0.717) is 40.3 Å². The maximum atomic E-state index is 12.8. The van der Waals surface area contributed by atoms with Gasteiger partial charge in [0, 0.05) is 30.8 Å². The number of primary amides is 1. The number of hydrogen-bond acceptors (Lipinski definition) is 5. The first-order chi connectivity index (χ1) is 16.1. The minimum Gasteiger partial charge on any atom is -0.384 e. The number of carbonyl (C=O) groups excluding carboxylic acids is 1. The molecular formula is C24H21N7O2. The number of benzene rings is 2. The fraction of sp³-hybridized carbons (Fsp3) is 0.0833. The molecular weight excluding hydrogens is 418 g/mol. The Morgan fingerprint density at radius 1 is 1.15 bits per heavy atom. The lowest BCUT2D eigenvalue weighted by atomic mass is 10.1. The van der Waals surface area contributed by atoms with Gasteiger partial charge >= 0.3 is 0 Å². The number of nitrogens with two attached hydrogens (primary N) is 1. The summed E-state index contributed by atoms with van der Waals surface area (Å²) in [5, 5.41) is 3.33. The molecule has 3 aromatic heterocycles.